The summed E-state index contributed by atoms with van der Waals surface area (Å²) in [6.07, 6.45) is 2.03. The number of hydrogen-bond acceptors (Lipinski definition) is 4. The minimum Gasteiger partial charge on any atom is -0.469 e. The Hall–Kier alpha value is -1.03. The van der Waals surface area contributed by atoms with Gasteiger partial charge in [-0.15, -0.1) is 0 Å². The Labute approximate surface area is 83.6 Å². The van der Waals surface area contributed by atoms with Crippen LogP contribution >= 0.6 is 0 Å². The van der Waals surface area contributed by atoms with Crippen molar-refractivity contribution >= 4 is 0 Å². The van der Waals surface area contributed by atoms with Crippen LogP contribution in [-0.4, -0.2) is 23.8 Å². The van der Waals surface area contributed by atoms with Crippen molar-refractivity contribution in [1.82, 2.24) is 10.5 Å². The molecule has 4 nitrogen and oxygen atoms in total. The van der Waals surface area contributed by atoms with Crippen molar-refractivity contribution in [2.24, 2.45) is 0 Å². The predicted octanol–water partition coefficient (Wildman–Crippen LogP) is 1.50. The van der Waals surface area contributed by atoms with Gasteiger partial charge >= 0.3 is 0 Å². The van der Waals surface area contributed by atoms with Gasteiger partial charge in [-0.25, -0.2) is 0 Å². The molecule has 2 rings (SSSR count). The van der Waals surface area contributed by atoms with Crippen molar-refractivity contribution in [3.63, 3.8) is 0 Å². The van der Waals surface area contributed by atoms with E-state index in [4.69, 9.17) is 9.26 Å². The molecule has 1 fully saturated rings. The van der Waals surface area contributed by atoms with E-state index in [0.29, 0.717) is 5.88 Å². The van der Waals surface area contributed by atoms with Gasteiger partial charge in [-0.2, -0.15) is 0 Å². The Bertz CT molecular complexity index is 303. The topological polar surface area (TPSA) is 47.3 Å². The zero-order valence-electron chi connectivity index (χ0n) is 8.67. The second-order valence-corrected chi connectivity index (χ2v) is 4.08. The molecule has 1 saturated heterocycles. The molecule has 1 N–H and O–H groups in total. The maximum absolute atomic E-state index is 5.82. The Morgan fingerprint density at radius 2 is 2.21 bits per heavy atom. The zero-order valence-corrected chi connectivity index (χ0v) is 8.67. The minimum atomic E-state index is -0.0887. The summed E-state index contributed by atoms with van der Waals surface area (Å²) in [4.78, 5) is 0. The van der Waals surface area contributed by atoms with E-state index in [0.717, 1.165) is 31.7 Å². The molecule has 1 aliphatic rings. The lowest BCUT2D eigenvalue weighted by Gasteiger charge is -2.33. The highest BCUT2D eigenvalue weighted by Gasteiger charge is 2.29. The van der Waals surface area contributed by atoms with Crippen LogP contribution in [0, 0.1) is 6.92 Å². The molecular formula is C10H16N2O2. The van der Waals surface area contributed by atoms with Crippen LogP contribution < -0.4 is 10.1 Å². The molecule has 1 aromatic heterocycles. The number of aryl methyl sites for hydroxylation is 1. The van der Waals surface area contributed by atoms with E-state index in [1.54, 1.807) is 0 Å². The summed E-state index contributed by atoms with van der Waals surface area (Å²) in [5.41, 5.74) is -0.0887. The molecule has 0 spiro atoms. The molecule has 14 heavy (non-hydrogen) atoms. The van der Waals surface area contributed by atoms with Crippen molar-refractivity contribution < 1.29 is 9.26 Å². The smallest absolute Gasteiger partial charge is 0.254 e. The molecule has 1 aliphatic heterocycles. The quantitative estimate of drug-likeness (QED) is 0.778. The average Bonchev–Trinajstić information content (AvgIpc) is 2.51. The number of nitrogens with zero attached hydrogens (tertiary/aromatic N) is 1. The zero-order chi connectivity index (χ0) is 10.0. The van der Waals surface area contributed by atoms with Gasteiger partial charge in [0.1, 0.15) is 11.4 Å². The van der Waals surface area contributed by atoms with Gasteiger partial charge in [0, 0.05) is 6.07 Å². The van der Waals surface area contributed by atoms with Crippen molar-refractivity contribution in [3.05, 3.63) is 11.8 Å². The van der Waals surface area contributed by atoms with Crippen molar-refractivity contribution in [2.75, 3.05) is 13.1 Å². The summed E-state index contributed by atoms with van der Waals surface area (Å²) < 4.78 is 10.8. The molecule has 1 aromatic rings. The molecule has 0 unspecified atom stereocenters. The van der Waals surface area contributed by atoms with Crippen molar-refractivity contribution in [2.45, 2.75) is 32.3 Å². The second kappa shape index (κ2) is 3.61. The summed E-state index contributed by atoms with van der Waals surface area (Å²) in [7, 11) is 0. The SMILES string of the molecule is Cc1cc(OC2(C)CCNCC2)no1. The first-order valence-electron chi connectivity index (χ1n) is 5.01. The third kappa shape index (κ3) is 2.07. The van der Waals surface area contributed by atoms with Gasteiger partial charge in [0.2, 0.25) is 0 Å². The van der Waals surface area contributed by atoms with Crippen LogP contribution in [0.4, 0.5) is 0 Å². The van der Waals surface area contributed by atoms with Gasteiger partial charge in [0.15, 0.2) is 0 Å². The first-order chi connectivity index (χ1) is 6.68. The number of aromatic nitrogens is 1. The number of piperidine rings is 1. The molecule has 0 saturated carbocycles. The molecule has 4 heteroatoms. The lowest BCUT2D eigenvalue weighted by Crippen LogP contribution is -2.43. The van der Waals surface area contributed by atoms with Gasteiger partial charge in [-0.05, 0) is 44.9 Å². The lowest BCUT2D eigenvalue weighted by molar-refractivity contribution is 0.0471. The van der Waals surface area contributed by atoms with Crippen molar-refractivity contribution in [1.29, 1.82) is 0 Å². The van der Waals surface area contributed by atoms with Gasteiger partial charge in [-0.1, -0.05) is 0 Å². The van der Waals surface area contributed by atoms with Crippen LogP contribution in [0.15, 0.2) is 10.6 Å². The van der Waals surface area contributed by atoms with E-state index in [-0.39, 0.29) is 5.60 Å². The Morgan fingerprint density at radius 1 is 1.50 bits per heavy atom. The molecule has 0 amide bonds. The maximum atomic E-state index is 5.82. The molecule has 0 aliphatic carbocycles. The van der Waals surface area contributed by atoms with E-state index >= 15 is 0 Å². The highest BCUT2D eigenvalue weighted by atomic mass is 16.6. The summed E-state index contributed by atoms with van der Waals surface area (Å²) in [6.45, 7) is 6.00. The number of hydrogen-bond donors (Lipinski definition) is 1. The number of rotatable bonds is 2. The Kier molecular flexibility index (Phi) is 2.46. The summed E-state index contributed by atoms with van der Waals surface area (Å²) in [6, 6.07) is 1.83. The van der Waals surface area contributed by atoms with Crippen LogP contribution in [0.5, 0.6) is 5.88 Å². The fourth-order valence-electron chi connectivity index (χ4n) is 1.70. The monoisotopic (exact) mass is 196 g/mol. The third-order valence-electron chi connectivity index (χ3n) is 2.62. The summed E-state index contributed by atoms with van der Waals surface area (Å²) in [5.74, 6) is 1.39. The number of ether oxygens (including phenoxy) is 1. The molecule has 0 atom stereocenters. The van der Waals surface area contributed by atoms with Crippen LogP contribution in [0.1, 0.15) is 25.5 Å². The standard InChI is InChI=1S/C10H16N2O2/c1-8-7-9(12-14-8)13-10(2)3-5-11-6-4-10/h7,11H,3-6H2,1-2H3. The molecule has 2 heterocycles. The molecule has 0 bridgehead atoms. The molecular weight excluding hydrogens is 180 g/mol. The van der Waals surface area contributed by atoms with Crippen LogP contribution in [0.3, 0.4) is 0 Å². The Morgan fingerprint density at radius 3 is 2.79 bits per heavy atom. The van der Waals surface area contributed by atoms with Gasteiger partial charge in [0.05, 0.1) is 0 Å². The molecule has 0 radical (unpaired) electrons. The predicted molar refractivity (Wildman–Crippen MR) is 52.4 cm³/mol. The molecule has 0 aromatic carbocycles. The highest BCUT2D eigenvalue weighted by molar-refractivity contribution is 5.11. The van der Waals surface area contributed by atoms with Crippen LogP contribution in [0.25, 0.3) is 0 Å². The van der Waals surface area contributed by atoms with Gasteiger partial charge in [0.25, 0.3) is 5.88 Å². The van der Waals surface area contributed by atoms with Crippen LogP contribution in [0.2, 0.25) is 0 Å². The van der Waals surface area contributed by atoms with Crippen molar-refractivity contribution in [3.8, 4) is 5.88 Å². The van der Waals surface area contributed by atoms with E-state index in [1.807, 2.05) is 13.0 Å². The first kappa shape index (κ1) is 9.52. The van der Waals surface area contributed by atoms with E-state index in [1.165, 1.54) is 0 Å². The molecule has 78 valence electrons. The van der Waals surface area contributed by atoms with Gasteiger partial charge < -0.3 is 14.6 Å². The normalized spacial score (nSPS) is 20.7. The van der Waals surface area contributed by atoms with E-state index < -0.39 is 0 Å². The lowest BCUT2D eigenvalue weighted by atomic mass is 9.95. The fourth-order valence-corrected chi connectivity index (χ4v) is 1.70. The second-order valence-electron chi connectivity index (χ2n) is 4.08. The third-order valence-corrected chi connectivity index (χ3v) is 2.62. The number of nitrogens with one attached hydrogen (secondary N) is 1. The average molecular weight is 196 g/mol. The van der Waals surface area contributed by atoms with Crippen LogP contribution in [-0.2, 0) is 0 Å². The van der Waals surface area contributed by atoms with Gasteiger partial charge in [-0.3, -0.25) is 0 Å². The first-order valence-corrected chi connectivity index (χ1v) is 5.01. The largest absolute Gasteiger partial charge is 0.469 e. The Balaban J connectivity index is 2.01. The highest BCUT2D eigenvalue weighted by Crippen LogP contribution is 2.25. The van der Waals surface area contributed by atoms with E-state index in [2.05, 4.69) is 17.4 Å². The fraction of sp³-hybridized carbons (Fsp3) is 0.700. The summed E-state index contributed by atoms with van der Waals surface area (Å²) >= 11 is 0. The van der Waals surface area contributed by atoms with E-state index in [9.17, 15) is 0 Å². The minimum absolute atomic E-state index is 0.0887. The maximum Gasteiger partial charge on any atom is 0.254 e. The summed E-state index contributed by atoms with van der Waals surface area (Å²) in [5, 5.41) is 7.14.